The summed E-state index contributed by atoms with van der Waals surface area (Å²) in [7, 11) is 0. The second-order valence-electron chi connectivity index (χ2n) is 14.4. The molecule has 0 unspecified atom stereocenters. The Morgan fingerprint density at radius 3 is 1.53 bits per heavy atom. The van der Waals surface area contributed by atoms with Crippen LogP contribution in [0.25, 0.3) is 44.4 Å². The molecule has 0 spiro atoms. The molecule has 0 atom stereocenters. The lowest BCUT2D eigenvalue weighted by Gasteiger charge is -1.86. The Labute approximate surface area is 407 Å². The lowest BCUT2D eigenvalue weighted by atomic mass is 10.4. The predicted molar refractivity (Wildman–Crippen MR) is 266 cm³/mol. The van der Waals surface area contributed by atoms with Gasteiger partial charge in [-0.25, -0.2) is 62.9 Å². The van der Waals surface area contributed by atoms with Crippen LogP contribution in [-0.2, 0) is 0 Å². The smallest absolute Gasteiger partial charge is 0.156 e. The highest BCUT2D eigenvalue weighted by atomic mass is 15.2. The summed E-state index contributed by atoms with van der Waals surface area (Å²) >= 11 is 0. The summed E-state index contributed by atoms with van der Waals surface area (Å²) in [5.74, 6) is 0. The van der Waals surface area contributed by atoms with Gasteiger partial charge >= 0.3 is 0 Å². The fourth-order valence-corrected chi connectivity index (χ4v) is 6.24. The van der Waals surface area contributed by atoms with E-state index in [1.54, 1.807) is 162 Å². The van der Waals surface area contributed by atoms with E-state index >= 15 is 0 Å². The zero-order valence-corrected chi connectivity index (χ0v) is 38.0. The van der Waals surface area contributed by atoms with Crippen LogP contribution >= 0.6 is 0 Å². The van der Waals surface area contributed by atoms with E-state index < -0.39 is 0 Å². The van der Waals surface area contributed by atoms with Gasteiger partial charge in [0.1, 0.15) is 31.6 Å². The van der Waals surface area contributed by atoms with Gasteiger partial charge in [-0.3, -0.25) is 18.8 Å². The fourth-order valence-electron chi connectivity index (χ4n) is 6.24. The molecule has 23 nitrogen and oxygen atoms in total. The number of aromatic nitrogens is 23. The average Bonchev–Trinajstić information content (AvgIpc) is 4.31. The van der Waals surface area contributed by atoms with E-state index in [9.17, 15) is 0 Å². The third kappa shape index (κ3) is 12.7. The first-order chi connectivity index (χ1) is 35.7. The second-order valence-corrected chi connectivity index (χ2v) is 14.4. The number of imidazole rings is 5. The Balaban J connectivity index is 0.000000102. The molecule has 0 bridgehead atoms. The van der Waals surface area contributed by atoms with Crippen molar-refractivity contribution in [2.24, 2.45) is 0 Å². The molecule has 72 heavy (non-hydrogen) atoms. The topological polar surface area (TPSA) is 229 Å². The highest BCUT2D eigenvalue weighted by molar-refractivity contribution is 5.45. The van der Waals surface area contributed by atoms with Crippen LogP contribution < -0.4 is 0 Å². The number of nitrogens with zero attached hydrogens (tertiary/aromatic N) is 23. The maximum atomic E-state index is 4.04. The van der Waals surface area contributed by atoms with Crippen LogP contribution in [0.15, 0.2) is 253 Å². The van der Waals surface area contributed by atoms with Gasteiger partial charge in [0.25, 0.3) is 0 Å². The van der Waals surface area contributed by atoms with Gasteiger partial charge in [-0.05, 0) is 60.7 Å². The zero-order valence-electron chi connectivity index (χ0n) is 38.0. The van der Waals surface area contributed by atoms with Gasteiger partial charge < -0.3 is 8.80 Å². The van der Waals surface area contributed by atoms with Gasteiger partial charge in [0, 0.05) is 80.4 Å². The van der Waals surface area contributed by atoms with Gasteiger partial charge in [0.05, 0.1) is 108 Å². The van der Waals surface area contributed by atoms with Crippen molar-refractivity contribution in [1.29, 1.82) is 0 Å². The van der Waals surface area contributed by atoms with E-state index in [4.69, 9.17) is 0 Å². The molecule has 0 saturated carbocycles. The van der Waals surface area contributed by atoms with Crippen LogP contribution in [0, 0.1) is 0 Å². The maximum Gasteiger partial charge on any atom is 0.156 e. The molecule has 0 fully saturated rings. The first-order valence-corrected chi connectivity index (χ1v) is 21.7. The van der Waals surface area contributed by atoms with Crippen molar-refractivity contribution >= 4 is 44.4 Å². The van der Waals surface area contributed by atoms with E-state index in [0.29, 0.717) is 0 Å². The third-order valence-corrected chi connectivity index (χ3v) is 9.71. The fraction of sp³-hybridized carbons (Fsp3) is 0. The molecular weight excluding hydrogens is 911 g/mol. The Morgan fingerprint density at radius 2 is 0.750 bits per heavy atom. The molecule has 0 aliphatic rings. The summed E-state index contributed by atoms with van der Waals surface area (Å²) in [6.07, 6.45) is 51.3. The monoisotopic (exact) mass is 951 g/mol. The molecule has 352 valence electrons. The van der Waals surface area contributed by atoms with Gasteiger partial charge in [-0.15, -0.1) is 0 Å². The minimum atomic E-state index is 0.887. The maximum absolute atomic E-state index is 4.04. The molecule has 0 amide bonds. The van der Waals surface area contributed by atoms with Crippen molar-refractivity contribution in [3.05, 3.63) is 253 Å². The molecule has 23 heteroatoms. The van der Waals surface area contributed by atoms with Crippen LogP contribution in [0.4, 0.5) is 0 Å². The normalized spacial score (nSPS) is 10.2. The predicted octanol–water partition coefficient (Wildman–Crippen LogP) is 6.44. The van der Waals surface area contributed by atoms with E-state index in [1.807, 2.05) is 128 Å². The van der Waals surface area contributed by atoms with E-state index in [1.165, 1.54) is 0 Å². The number of pyridine rings is 1. The lowest BCUT2D eigenvalue weighted by Crippen LogP contribution is -1.85. The summed E-state index contributed by atoms with van der Waals surface area (Å²) in [5.41, 5.74) is 8.13. The third-order valence-electron chi connectivity index (χ3n) is 9.71. The molecule has 0 aliphatic heterocycles. The van der Waals surface area contributed by atoms with E-state index in [0.717, 1.165) is 44.4 Å². The Morgan fingerprint density at radius 1 is 0.236 bits per heavy atom. The van der Waals surface area contributed by atoms with Crippen molar-refractivity contribution in [1.82, 2.24) is 111 Å². The quantitative estimate of drug-likeness (QED) is 0.159. The molecular formula is C49H41N23. The molecule has 0 aliphatic carbocycles. The van der Waals surface area contributed by atoms with Crippen LogP contribution in [0.2, 0.25) is 0 Å². The number of hydrogen-bond acceptors (Lipinski definition) is 15. The first kappa shape index (κ1) is 46.2. The molecule has 16 aromatic heterocycles. The molecule has 0 aromatic carbocycles. The average molecular weight is 952 g/mol. The SMILES string of the molecule is c1cc2ccnn2cn1.c1cc2cncn2cn1.c1ccn2cncc2c1.c1cn2cncc2cn1.c1cn2nccc2cn1.c1cnc2ccnn2c1.c1cnc2cncn2c1.c1cnn2cncc2c1. The lowest BCUT2D eigenvalue weighted by molar-refractivity contribution is 0.921. The van der Waals surface area contributed by atoms with Crippen molar-refractivity contribution in [2.45, 2.75) is 0 Å². The molecule has 0 N–H and O–H groups in total. The number of rotatable bonds is 0. The summed E-state index contributed by atoms with van der Waals surface area (Å²) in [5, 5.41) is 15.9. The van der Waals surface area contributed by atoms with Crippen molar-refractivity contribution in [3.8, 4) is 0 Å². The summed E-state index contributed by atoms with van der Waals surface area (Å²) in [6, 6.07) is 23.1. The highest BCUT2D eigenvalue weighted by Crippen LogP contribution is 2.01. The van der Waals surface area contributed by atoms with Gasteiger partial charge in [-0.2, -0.15) is 20.4 Å². The number of hydrogen-bond donors (Lipinski definition) is 0. The first-order valence-electron chi connectivity index (χ1n) is 21.7. The summed E-state index contributed by atoms with van der Waals surface area (Å²) in [4.78, 5) is 43.3. The molecule has 0 saturated heterocycles. The van der Waals surface area contributed by atoms with E-state index in [-0.39, 0.29) is 0 Å². The minimum Gasteiger partial charge on any atom is -0.306 e. The molecule has 0 radical (unpaired) electrons. The summed E-state index contributed by atoms with van der Waals surface area (Å²) < 4.78 is 14.5. The van der Waals surface area contributed by atoms with Crippen LogP contribution in [0.1, 0.15) is 0 Å². The van der Waals surface area contributed by atoms with Crippen molar-refractivity contribution < 1.29 is 0 Å². The van der Waals surface area contributed by atoms with Crippen LogP contribution in [-0.4, -0.2) is 111 Å². The van der Waals surface area contributed by atoms with Crippen LogP contribution in [0.3, 0.4) is 0 Å². The van der Waals surface area contributed by atoms with Crippen molar-refractivity contribution in [3.63, 3.8) is 0 Å². The molecule has 16 rings (SSSR count). The number of fused-ring (bicyclic) bond motifs is 8. The Kier molecular flexibility index (Phi) is 15.5. The summed E-state index contributed by atoms with van der Waals surface area (Å²) in [6.45, 7) is 0. The second kappa shape index (κ2) is 24.2. The molecule has 16 aromatic rings. The Hall–Kier alpha value is -11.0. The largest absolute Gasteiger partial charge is 0.306 e. The van der Waals surface area contributed by atoms with Crippen LogP contribution in [0.5, 0.6) is 0 Å². The molecule has 16 heterocycles. The van der Waals surface area contributed by atoms with E-state index in [2.05, 4.69) is 75.2 Å². The Bertz CT molecular complexity index is 3050. The van der Waals surface area contributed by atoms with Gasteiger partial charge in [-0.1, -0.05) is 6.07 Å². The standard InChI is InChI=1S/C7H6N2.7C6H5N3/c1-2-4-9-6-8-5-7(9)3-1;1-3-7-5-9-6(1)2-4-8-9;1-3-7-6-2-4-8-9(6)5-1;1-2-9-5-8-4-6(9)3-7-1;1-2-7-4-9-5-8-3-6(1)9;1-2-8-9-4-3-7-5-6(1)9;1-2-8-6-4-7-5-9(6)3-1;1-2-6-4-7-5-9(6)8-3-1/h1-6H;7*1-5H. The van der Waals surface area contributed by atoms with Gasteiger partial charge in [0.15, 0.2) is 11.3 Å². The van der Waals surface area contributed by atoms with Crippen molar-refractivity contribution in [2.75, 3.05) is 0 Å². The zero-order chi connectivity index (χ0) is 48.8. The van der Waals surface area contributed by atoms with Gasteiger partial charge in [0.2, 0.25) is 0 Å². The minimum absolute atomic E-state index is 0.887. The highest BCUT2D eigenvalue weighted by Gasteiger charge is 1.92.